The number of Topliss-reactive ketones (excluding diaryl/α,β-unsaturated/α-hetero) is 1. The van der Waals surface area contributed by atoms with E-state index in [0.29, 0.717) is 28.9 Å². The van der Waals surface area contributed by atoms with Gasteiger partial charge in [-0.1, -0.05) is 12.8 Å². The van der Waals surface area contributed by atoms with Crippen molar-refractivity contribution in [3.8, 4) is 0 Å². The minimum absolute atomic E-state index is 0.0278. The first kappa shape index (κ1) is 30.9. The summed E-state index contributed by atoms with van der Waals surface area (Å²) in [6, 6.07) is 4.00. The predicted molar refractivity (Wildman–Crippen MR) is 174 cm³/mol. The molecule has 0 unspecified atom stereocenters. The Bertz CT molecular complexity index is 1630. The molecule has 3 fully saturated rings. The fraction of sp³-hybridized carbons (Fsp3) is 0.576. The van der Waals surface area contributed by atoms with Gasteiger partial charge in [0, 0.05) is 69.4 Å². The fourth-order valence-electron chi connectivity index (χ4n) is 6.79. The van der Waals surface area contributed by atoms with Gasteiger partial charge in [-0.2, -0.15) is 4.98 Å². The number of pyridine rings is 2. The number of carbonyl (C=O) groups excluding carboxylic acids is 2. The Morgan fingerprint density at radius 3 is 2.36 bits per heavy atom. The predicted octanol–water partition coefficient (Wildman–Crippen LogP) is 4.55. The highest BCUT2D eigenvalue weighted by Crippen LogP contribution is 2.32. The third-order valence-electron chi connectivity index (χ3n) is 9.10. The number of hydrogen-bond acceptors (Lipinski definition) is 10. The number of rotatable bonds is 7. The lowest BCUT2D eigenvalue weighted by atomic mass is 10.00. The Balaban J connectivity index is 1.07. The largest absolute Gasteiger partial charge is 0.444 e. The molecule has 1 saturated carbocycles. The Hall–Kier alpha value is -4.06. The number of fused-ring (bicyclic) bond motifs is 1. The molecule has 12 nitrogen and oxygen atoms in total. The number of carbonyl (C=O) groups is 2. The van der Waals surface area contributed by atoms with Crippen LogP contribution in [-0.2, 0) is 4.74 Å². The summed E-state index contributed by atoms with van der Waals surface area (Å²) < 4.78 is 7.19. The van der Waals surface area contributed by atoms with E-state index >= 15 is 0 Å². The zero-order valence-corrected chi connectivity index (χ0v) is 27.0. The Morgan fingerprint density at radius 1 is 1.02 bits per heavy atom. The number of nitrogens with one attached hydrogen (secondary N) is 1. The van der Waals surface area contributed by atoms with Crippen LogP contribution >= 0.6 is 0 Å². The highest BCUT2D eigenvalue weighted by atomic mass is 16.6. The van der Waals surface area contributed by atoms with Crippen LogP contribution in [0.5, 0.6) is 0 Å². The van der Waals surface area contributed by atoms with Gasteiger partial charge >= 0.3 is 6.09 Å². The second-order valence-corrected chi connectivity index (χ2v) is 13.7. The molecule has 3 aromatic rings. The van der Waals surface area contributed by atoms with Crippen molar-refractivity contribution in [2.45, 2.75) is 71.9 Å². The van der Waals surface area contributed by atoms with Crippen molar-refractivity contribution >= 4 is 40.4 Å². The molecule has 5 heterocycles. The Kier molecular flexibility index (Phi) is 8.51. The lowest BCUT2D eigenvalue weighted by Gasteiger charge is -2.43. The molecule has 1 aliphatic carbocycles. The maximum Gasteiger partial charge on any atom is 0.410 e. The highest BCUT2D eigenvalue weighted by Gasteiger charge is 2.35. The number of likely N-dealkylation sites (tertiary alicyclic amines) is 1. The van der Waals surface area contributed by atoms with Gasteiger partial charge in [-0.05, 0) is 65.2 Å². The molecule has 2 saturated heterocycles. The van der Waals surface area contributed by atoms with Crippen LogP contribution in [0.1, 0.15) is 75.3 Å². The molecule has 0 spiro atoms. The average molecular weight is 617 g/mol. The molecule has 1 N–H and O–H groups in total. The normalized spacial score (nSPS) is 18.3. The third kappa shape index (κ3) is 6.66. The molecule has 0 aromatic carbocycles. The summed E-state index contributed by atoms with van der Waals surface area (Å²) in [7, 11) is 0. The number of aromatic nitrogens is 4. The van der Waals surface area contributed by atoms with Crippen molar-refractivity contribution in [3.63, 3.8) is 0 Å². The van der Waals surface area contributed by atoms with E-state index in [1.807, 2.05) is 33.0 Å². The summed E-state index contributed by atoms with van der Waals surface area (Å²) in [4.78, 5) is 58.6. The van der Waals surface area contributed by atoms with Gasteiger partial charge in [0.2, 0.25) is 5.95 Å². The van der Waals surface area contributed by atoms with Gasteiger partial charge in [-0.3, -0.25) is 19.1 Å². The van der Waals surface area contributed by atoms with E-state index < -0.39 is 5.60 Å². The lowest BCUT2D eigenvalue weighted by Crippen LogP contribution is -2.57. The van der Waals surface area contributed by atoms with Crippen LogP contribution in [0.2, 0.25) is 0 Å². The molecule has 0 bridgehead atoms. The van der Waals surface area contributed by atoms with Crippen LogP contribution in [0.3, 0.4) is 0 Å². The quantitative estimate of drug-likeness (QED) is 0.378. The van der Waals surface area contributed by atoms with E-state index in [-0.39, 0.29) is 29.0 Å². The summed E-state index contributed by atoms with van der Waals surface area (Å²) in [6.45, 7) is 15.2. The number of ketones is 1. The second-order valence-electron chi connectivity index (χ2n) is 13.7. The molecule has 0 atom stereocenters. The summed E-state index contributed by atoms with van der Waals surface area (Å²) >= 11 is 0. The molecular weight excluding hydrogens is 572 g/mol. The first-order chi connectivity index (χ1) is 21.5. The van der Waals surface area contributed by atoms with Gasteiger partial charge in [-0.25, -0.2) is 14.8 Å². The van der Waals surface area contributed by atoms with E-state index in [0.717, 1.165) is 82.6 Å². The van der Waals surface area contributed by atoms with Crippen molar-refractivity contribution in [2.75, 3.05) is 56.0 Å². The van der Waals surface area contributed by atoms with Gasteiger partial charge in [0.15, 0.2) is 5.78 Å². The van der Waals surface area contributed by atoms with Gasteiger partial charge < -0.3 is 19.9 Å². The van der Waals surface area contributed by atoms with E-state index in [1.165, 1.54) is 6.92 Å². The van der Waals surface area contributed by atoms with Gasteiger partial charge in [0.05, 0.1) is 17.4 Å². The second kappa shape index (κ2) is 12.4. The first-order valence-corrected chi connectivity index (χ1v) is 16.1. The van der Waals surface area contributed by atoms with Crippen molar-refractivity contribution < 1.29 is 14.3 Å². The van der Waals surface area contributed by atoms with E-state index in [4.69, 9.17) is 9.72 Å². The number of anilines is 3. The number of aryl methyl sites for hydroxylation is 1. The molecule has 3 aliphatic rings. The molecule has 2 aliphatic heterocycles. The molecule has 0 radical (unpaired) electrons. The minimum atomic E-state index is -0.464. The topological polar surface area (TPSA) is 126 Å². The smallest absolute Gasteiger partial charge is 0.410 e. The lowest BCUT2D eigenvalue weighted by molar-refractivity contribution is -0.00658. The Labute approximate surface area is 263 Å². The maximum absolute atomic E-state index is 13.5. The number of ether oxygens (including phenoxy) is 1. The maximum atomic E-state index is 13.5. The van der Waals surface area contributed by atoms with Crippen LogP contribution < -0.4 is 15.8 Å². The molecule has 45 heavy (non-hydrogen) atoms. The monoisotopic (exact) mass is 616 g/mol. The summed E-state index contributed by atoms with van der Waals surface area (Å²) in [5.74, 6) is 1.23. The summed E-state index contributed by atoms with van der Waals surface area (Å²) in [5, 5.41) is 3.93. The van der Waals surface area contributed by atoms with Crippen LogP contribution in [-0.4, -0.2) is 92.6 Å². The van der Waals surface area contributed by atoms with E-state index in [2.05, 4.69) is 31.2 Å². The van der Waals surface area contributed by atoms with Crippen molar-refractivity contribution in [3.05, 3.63) is 46.0 Å². The van der Waals surface area contributed by atoms with Crippen molar-refractivity contribution in [1.29, 1.82) is 0 Å². The van der Waals surface area contributed by atoms with Gasteiger partial charge in [-0.15, -0.1) is 0 Å². The Morgan fingerprint density at radius 2 is 1.73 bits per heavy atom. The summed E-state index contributed by atoms with van der Waals surface area (Å²) in [6.07, 6.45) is 7.24. The number of hydrogen-bond donors (Lipinski definition) is 1. The van der Waals surface area contributed by atoms with Crippen LogP contribution in [0.4, 0.5) is 22.2 Å². The number of nitrogens with zero attached hydrogens (tertiary/aromatic N) is 7. The zero-order valence-electron chi connectivity index (χ0n) is 27.0. The average Bonchev–Trinajstić information content (AvgIpc) is 3.49. The van der Waals surface area contributed by atoms with Crippen LogP contribution in [0, 0.1) is 12.8 Å². The van der Waals surface area contributed by atoms with Crippen molar-refractivity contribution in [2.24, 2.45) is 5.92 Å². The molecule has 12 heteroatoms. The first-order valence-electron chi connectivity index (χ1n) is 16.1. The van der Waals surface area contributed by atoms with E-state index in [9.17, 15) is 14.4 Å². The van der Waals surface area contributed by atoms with Gasteiger partial charge in [0.25, 0.3) is 5.56 Å². The minimum Gasteiger partial charge on any atom is -0.444 e. The number of piperazine rings is 1. The van der Waals surface area contributed by atoms with Crippen molar-refractivity contribution in [1.82, 2.24) is 29.3 Å². The molecule has 3 aromatic heterocycles. The third-order valence-corrected chi connectivity index (χ3v) is 9.10. The zero-order chi connectivity index (χ0) is 31.9. The SMILES string of the molecule is CC(=O)c1c(C)c2cnc(Nc3ccc(N4CCN(CC5CN(C(=O)OC(C)(C)C)C5)CC4)cn3)nc2n(C2CCCC2)c1=O. The van der Waals surface area contributed by atoms with Crippen LogP contribution in [0.25, 0.3) is 11.0 Å². The molecular formula is C33H44N8O4. The van der Waals surface area contributed by atoms with Crippen LogP contribution in [0.15, 0.2) is 29.3 Å². The fourth-order valence-corrected chi connectivity index (χ4v) is 6.79. The van der Waals surface area contributed by atoms with E-state index in [1.54, 1.807) is 22.6 Å². The summed E-state index contributed by atoms with van der Waals surface area (Å²) in [5.41, 5.74) is 1.74. The standard InChI is InChI=1S/C33H44N8O4/c1-21-26-17-35-31(37-29(26)41(24-8-6-7-9-24)30(43)28(21)22(2)42)36-27-11-10-25(16-34-27)39-14-12-38(13-15-39)18-23-19-40(20-23)32(44)45-33(3,4)5/h10-11,16-17,23-24H,6-9,12-15,18-20H2,1-5H3,(H,34,35,36,37). The van der Waals surface area contributed by atoms with Gasteiger partial charge in [0.1, 0.15) is 17.1 Å². The molecule has 240 valence electrons. The number of amides is 1. The molecule has 1 amide bonds. The highest BCUT2D eigenvalue weighted by molar-refractivity contribution is 5.99. The molecule has 6 rings (SSSR count).